The van der Waals surface area contributed by atoms with Gasteiger partial charge in [0.1, 0.15) is 18.1 Å². The van der Waals surface area contributed by atoms with Crippen molar-refractivity contribution in [2.75, 3.05) is 36.5 Å². The van der Waals surface area contributed by atoms with Crippen LogP contribution in [-0.2, 0) is 9.53 Å². The first-order valence-electron chi connectivity index (χ1n) is 10.8. The third kappa shape index (κ3) is 3.44. The number of morpholine rings is 1. The fourth-order valence-electron chi connectivity index (χ4n) is 4.50. The van der Waals surface area contributed by atoms with Gasteiger partial charge in [0.2, 0.25) is 5.91 Å². The van der Waals surface area contributed by atoms with Crippen molar-refractivity contribution in [1.29, 1.82) is 0 Å². The molecule has 6 rings (SSSR count). The number of rotatable bonds is 3. The van der Waals surface area contributed by atoms with Crippen LogP contribution in [0.25, 0.3) is 22.2 Å². The molecule has 10 heteroatoms. The van der Waals surface area contributed by atoms with E-state index in [0.717, 1.165) is 18.8 Å². The number of nitrogens with zero attached hydrogens (tertiary/aromatic N) is 5. The Bertz CT molecular complexity index is 1440. The first-order valence-corrected chi connectivity index (χ1v) is 11.2. The molecule has 0 spiro atoms. The Hall–Kier alpha value is -3.69. The molecule has 4 aromatic rings. The lowest BCUT2D eigenvalue weighted by Gasteiger charge is -2.29. The normalized spacial score (nSPS) is 17.6. The van der Waals surface area contributed by atoms with Gasteiger partial charge in [-0.1, -0.05) is 11.6 Å². The average Bonchev–Trinajstić information content (AvgIpc) is 3.20. The number of halogens is 2. The number of hydrogen-bond acceptors (Lipinski definition) is 7. The number of carbonyl (C=O) groups excluding carboxylic acids is 1. The summed E-state index contributed by atoms with van der Waals surface area (Å²) in [5, 5.41) is 3.54. The summed E-state index contributed by atoms with van der Waals surface area (Å²) in [6.07, 6.45) is 4.42. The summed E-state index contributed by atoms with van der Waals surface area (Å²) in [7, 11) is 0. The number of anilines is 2. The zero-order valence-corrected chi connectivity index (χ0v) is 18.6. The van der Waals surface area contributed by atoms with Gasteiger partial charge in [0, 0.05) is 47.1 Å². The predicted molar refractivity (Wildman–Crippen MR) is 125 cm³/mol. The summed E-state index contributed by atoms with van der Waals surface area (Å²) in [5.41, 5.74) is 3.26. The highest BCUT2D eigenvalue weighted by molar-refractivity contribution is 6.32. The van der Waals surface area contributed by atoms with Crippen LogP contribution in [0.5, 0.6) is 0 Å². The van der Waals surface area contributed by atoms with Gasteiger partial charge in [0.05, 0.1) is 30.1 Å². The minimum Gasteiger partial charge on any atom is -0.378 e. The molecule has 0 bridgehead atoms. The number of nitrogens with one attached hydrogen (secondary N) is 1. The molecule has 2 aliphatic heterocycles. The van der Waals surface area contributed by atoms with Crippen LogP contribution < -0.4 is 10.2 Å². The summed E-state index contributed by atoms with van der Waals surface area (Å²) in [4.78, 5) is 32.2. The van der Waals surface area contributed by atoms with Crippen LogP contribution in [0.4, 0.5) is 15.9 Å². The van der Waals surface area contributed by atoms with Gasteiger partial charge in [0.15, 0.2) is 5.82 Å². The van der Waals surface area contributed by atoms with Gasteiger partial charge in [0.25, 0.3) is 0 Å². The first kappa shape index (κ1) is 20.9. The van der Waals surface area contributed by atoms with Gasteiger partial charge in [-0.2, -0.15) is 0 Å². The molecule has 0 aliphatic carbocycles. The topological polar surface area (TPSA) is 93.1 Å². The van der Waals surface area contributed by atoms with Crippen molar-refractivity contribution in [3.63, 3.8) is 0 Å². The number of amides is 1. The van der Waals surface area contributed by atoms with Gasteiger partial charge >= 0.3 is 0 Å². The van der Waals surface area contributed by atoms with E-state index in [1.807, 2.05) is 18.2 Å². The number of ether oxygens (including phenoxy) is 1. The Kier molecular flexibility index (Phi) is 5.08. The molecule has 1 saturated heterocycles. The lowest BCUT2D eigenvalue weighted by atomic mass is 9.93. The van der Waals surface area contributed by atoms with E-state index in [4.69, 9.17) is 16.3 Å². The fourth-order valence-corrected chi connectivity index (χ4v) is 4.76. The maximum Gasteiger partial charge on any atom is 0.239 e. The number of fused-ring (bicyclic) bond motifs is 2. The highest BCUT2D eigenvalue weighted by Crippen LogP contribution is 2.40. The van der Waals surface area contributed by atoms with Crippen molar-refractivity contribution in [2.24, 2.45) is 0 Å². The number of hydrogen-bond donors (Lipinski definition) is 1. The van der Waals surface area contributed by atoms with Crippen LogP contribution in [0.15, 0.2) is 49.1 Å². The van der Waals surface area contributed by atoms with Crippen LogP contribution in [0.3, 0.4) is 0 Å². The molecule has 34 heavy (non-hydrogen) atoms. The van der Waals surface area contributed by atoms with Gasteiger partial charge < -0.3 is 15.0 Å². The molecule has 8 nitrogen and oxygen atoms in total. The van der Waals surface area contributed by atoms with Crippen molar-refractivity contribution in [1.82, 2.24) is 19.9 Å². The third-order valence-electron chi connectivity index (χ3n) is 6.15. The molecule has 1 fully saturated rings. The van der Waals surface area contributed by atoms with E-state index in [1.165, 1.54) is 24.8 Å². The van der Waals surface area contributed by atoms with Crippen molar-refractivity contribution in [3.05, 3.63) is 71.2 Å². The van der Waals surface area contributed by atoms with Crippen molar-refractivity contribution in [3.8, 4) is 11.3 Å². The second kappa shape index (κ2) is 8.27. The molecular formula is C24H18ClFN6O2. The molecular weight excluding hydrogens is 459 g/mol. The Morgan fingerprint density at radius 1 is 1.06 bits per heavy atom. The molecule has 0 radical (unpaired) electrons. The Labute approximate surface area is 198 Å². The SMILES string of the molecule is O=C1Nc2nccnc2[C@@H]1c1cc(-c2ncnc3cc(N4CCOCC4)ccc23)c(F)cc1Cl. The molecule has 2 aliphatic rings. The summed E-state index contributed by atoms with van der Waals surface area (Å²) in [6.45, 7) is 2.95. The minimum absolute atomic E-state index is 0.132. The first-order chi connectivity index (χ1) is 16.6. The monoisotopic (exact) mass is 476 g/mol. The van der Waals surface area contributed by atoms with Gasteiger partial charge in [-0.05, 0) is 35.9 Å². The minimum atomic E-state index is -0.795. The largest absolute Gasteiger partial charge is 0.378 e. The van der Waals surface area contributed by atoms with Crippen LogP contribution in [0.1, 0.15) is 17.2 Å². The van der Waals surface area contributed by atoms with E-state index < -0.39 is 11.7 Å². The van der Waals surface area contributed by atoms with Gasteiger partial charge in [-0.3, -0.25) is 9.78 Å². The van der Waals surface area contributed by atoms with Crippen LogP contribution in [0, 0.1) is 5.82 Å². The van der Waals surface area contributed by atoms with Crippen LogP contribution in [-0.4, -0.2) is 52.1 Å². The maximum absolute atomic E-state index is 15.2. The summed E-state index contributed by atoms with van der Waals surface area (Å²) >= 11 is 6.41. The van der Waals surface area contributed by atoms with E-state index >= 15 is 4.39 Å². The zero-order chi connectivity index (χ0) is 23.2. The molecule has 2 aromatic carbocycles. The molecule has 1 N–H and O–H groups in total. The maximum atomic E-state index is 15.2. The van der Waals surface area contributed by atoms with Gasteiger partial charge in [-0.15, -0.1) is 0 Å². The molecule has 2 aromatic heterocycles. The second-order valence-electron chi connectivity index (χ2n) is 8.09. The van der Waals surface area contributed by atoms with Crippen molar-refractivity contribution in [2.45, 2.75) is 5.92 Å². The third-order valence-corrected chi connectivity index (χ3v) is 6.48. The highest BCUT2D eigenvalue weighted by Gasteiger charge is 2.36. The van der Waals surface area contributed by atoms with Gasteiger partial charge in [-0.25, -0.2) is 19.3 Å². The molecule has 1 amide bonds. The molecule has 0 unspecified atom stereocenters. The average molecular weight is 477 g/mol. The molecule has 0 saturated carbocycles. The zero-order valence-electron chi connectivity index (χ0n) is 17.8. The predicted octanol–water partition coefficient (Wildman–Crippen LogP) is 3.80. The van der Waals surface area contributed by atoms with E-state index in [0.29, 0.717) is 46.9 Å². The Morgan fingerprint density at radius 3 is 2.74 bits per heavy atom. The fraction of sp³-hybridized carbons (Fsp3) is 0.208. The van der Waals surface area contributed by atoms with Crippen LogP contribution in [0.2, 0.25) is 5.02 Å². The van der Waals surface area contributed by atoms with Crippen molar-refractivity contribution >= 4 is 39.9 Å². The second-order valence-corrected chi connectivity index (χ2v) is 8.50. The number of carbonyl (C=O) groups is 1. The lowest BCUT2D eigenvalue weighted by Crippen LogP contribution is -2.36. The highest BCUT2D eigenvalue weighted by atomic mass is 35.5. The smallest absolute Gasteiger partial charge is 0.239 e. The number of benzene rings is 2. The quantitative estimate of drug-likeness (QED) is 0.480. The Morgan fingerprint density at radius 2 is 1.88 bits per heavy atom. The molecule has 4 heterocycles. The number of aromatic nitrogens is 4. The van der Waals surface area contributed by atoms with E-state index in [-0.39, 0.29) is 16.5 Å². The molecule has 1 atom stereocenters. The van der Waals surface area contributed by atoms with E-state index in [9.17, 15) is 4.79 Å². The summed E-state index contributed by atoms with van der Waals surface area (Å²) in [6, 6.07) is 8.63. The van der Waals surface area contributed by atoms with E-state index in [1.54, 1.807) is 6.07 Å². The van der Waals surface area contributed by atoms with Crippen molar-refractivity contribution < 1.29 is 13.9 Å². The van der Waals surface area contributed by atoms with E-state index in [2.05, 4.69) is 30.2 Å². The summed E-state index contributed by atoms with van der Waals surface area (Å²) in [5.74, 6) is -1.27. The standard InChI is InChI=1S/C24H18ClFN6O2/c25-17-11-18(26)16(10-15(17)20-22-23(31-24(20)33)28-4-3-27-22)21-14-2-1-13(9-19(14)29-12-30-21)32-5-7-34-8-6-32/h1-4,9-12,20H,5-8H2,(H,28,31,33)/t20-/m0/s1. The molecule has 170 valence electrons. The Balaban J connectivity index is 1.46. The summed E-state index contributed by atoms with van der Waals surface area (Å²) < 4.78 is 20.6. The van der Waals surface area contributed by atoms with Crippen LogP contribution >= 0.6 is 11.6 Å². The lowest BCUT2D eigenvalue weighted by molar-refractivity contribution is -0.116.